The summed E-state index contributed by atoms with van der Waals surface area (Å²) in [4.78, 5) is 0. The summed E-state index contributed by atoms with van der Waals surface area (Å²) >= 11 is 3.66. The average Bonchev–Trinajstić information content (AvgIpc) is 2.42. The van der Waals surface area contributed by atoms with Crippen LogP contribution in [0.1, 0.15) is 39.2 Å². The van der Waals surface area contributed by atoms with Gasteiger partial charge in [0, 0.05) is 16.1 Å². The van der Waals surface area contributed by atoms with E-state index in [0.29, 0.717) is 0 Å². The molecule has 3 nitrogen and oxygen atoms in total. The molecule has 0 heterocycles. The molecule has 0 unspecified atom stereocenters. The summed E-state index contributed by atoms with van der Waals surface area (Å²) in [6.45, 7) is 8.74. The second-order valence-electron chi connectivity index (χ2n) is 5.57. The molecule has 20 heavy (non-hydrogen) atoms. The van der Waals surface area contributed by atoms with Crippen molar-refractivity contribution < 1.29 is 9.47 Å². The molecule has 1 aromatic rings. The Balaban J connectivity index is 2.97. The molecule has 0 bridgehead atoms. The Morgan fingerprint density at radius 3 is 2.40 bits per heavy atom. The molecule has 0 saturated carbocycles. The van der Waals surface area contributed by atoms with Gasteiger partial charge in [0.05, 0.1) is 14.2 Å². The normalized spacial score (nSPS) is 11.5. The van der Waals surface area contributed by atoms with E-state index >= 15 is 0 Å². The quantitative estimate of drug-likeness (QED) is 0.719. The van der Waals surface area contributed by atoms with Gasteiger partial charge >= 0.3 is 0 Å². The lowest BCUT2D eigenvalue weighted by Crippen LogP contribution is -2.26. The first-order valence-corrected chi connectivity index (χ1v) is 7.88. The lowest BCUT2D eigenvalue weighted by molar-refractivity contribution is 0.371. The predicted octanol–water partition coefficient (Wildman–Crippen LogP) is 4.13. The van der Waals surface area contributed by atoms with E-state index in [2.05, 4.69) is 42.0 Å². The third-order valence-corrected chi connectivity index (χ3v) is 4.14. The van der Waals surface area contributed by atoms with Gasteiger partial charge in [0.25, 0.3) is 0 Å². The van der Waals surface area contributed by atoms with Gasteiger partial charge in [0.2, 0.25) is 0 Å². The zero-order chi connectivity index (χ0) is 15.2. The van der Waals surface area contributed by atoms with Crippen molar-refractivity contribution in [3.8, 4) is 11.5 Å². The second-order valence-corrected chi connectivity index (χ2v) is 6.42. The van der Waals surface area contributed by atoms with Gasteiger partial charge < -0.3 is 14.8 Å². The van der Waals surface area contributed by atoms with Crippen molar-refractivity contribution in [1.82, 2.24) is 5.32 Å². The first-order chi connectivity index (χ1) is 9.46. The number of hydrogen-bond acceptors (Lipinski definition) is 3. The van der Waals surface area contributed by atoms with Gasteiger partial charge in [-0.3, -0.25) is 0 Å². The molecular weight excluding hydrogens is 318 g/mol. The molecular formula is C16H26BrNO2. The van der Waals surface area contributed by atoms with Crippen LogP contribution in [0, 0.1) is 0 Å². The highest BCUT2D eigenvalue weighted by molar-refractivity contribution is 9.10. The van der Waals surface area contributed by atoms with Crippen LogP contribution in [0.25, 0.3) is 0 Å². The monoisotopic (exact) mass is 343 g/mol. The SMILES string of the molecule is CCCNCCC(C)(C)c1c(Br)cc(OC)cc1OC. The van der Waals surface area contributed by atoms with Gasteiger partial charge in [-0.15, -0.1) is 0 Å². The van der Waals surface area contributed by atoms with Crippen molar-refractivity contribution in [3.63, 3.8) is 0 Å². The van der Waals surface area contributed by atoms with Gasteiger partial charge in [0.15, 0.2) is 0 Å². The smallest absolute Gasteiger partial charge is 0.127 e. The minimum absolute atomic E-state index is 0.0250. The van der Waals surface area contributed by atoms with Crippen molar-refractivity contribution in [2.24, 2.45) is 0 Å². The molecule has 1 rings (SSSR count). The fourth-order valence-corrected chi connectivity index (χ4v) is 3.28. The number of hydrogen-bond donors (Lipinski definition) is 1. The van der Waals surface area contributed by atoms with Crippen LogP contribution in [-0.2, 0) is 5.41 Å². The molecule has 1 aromatic carbocycles. The fourth-order valence-electron chi connectivity index (χ4n) is 2.32. The Morgan fingerprint density at radius 2 is 1.85 bits per heavy atom. The standard InChI is InChI=1S/C16H26BrNO2/c1-6-8-18-9-7-16(2,3)15-13(17)10-12(19-4)11-14(15)20-5/h10-11,18H,6-9H2,1-5H3. The highest BCUT2D eigenvalue weighted by Crippen LogP contribution is 2.41. The summed E-state index contributed by atoms with van der Waals surface area (Å²) in [5, 5.41) is 3.46. The Bertz CT molecular complexity index is 433. The number of halogens is 1. The van der Waals surface area contributed by atoms with E-state index in [1.165, 1.54) is 5.56 Å². The Kier molecular flexibility index (Phi) is 6.83. The average molecular weight is 344 g/mol. The maximum Gasteiger partial charge on any atom is 0.127 e. The third kappa shape index (κ3) is 4.38. The van der Waals surface area contributed by atoms with Crippen molar-refractivity contribution in [2.75, 3.05) is 27.3 Å². The Hall–Kier alpha value is -0.740. The van der Waals surface area contributed by atoms with Gasteiger partial charge in [0.1, 0.15) is 11.5 Å². The van der Waals surface area contributed by atoms with E-state index in [1.54, 1.807) is 14.2 Å². The molecule has 0 atom stereocenters. The topological polar surface area (TPSA) is 30.5 Å². The van der Waals surface area contributed by atoms with Crippen molar-refractivity contribution in [2.45, 2.75) is 39.0 Å². The lowest BCUT2D eigenvalue weighted by atomic mass is 9.81. The summed E-state index contributed by atoms with van der Waals surface area (Å²) in [7, 11) is 3.37. The van der Waals surface area contributed by atoms with E-state index in [-0.39, 0.29) is 5.41 Å². The van der Waals surface area contributed by atoms with Crippen LogP contribution in [0.5, 0.6) is 11.5 Å². The van der Waals surface area contributed by atoms with Crippen LogP contribution >= 0.6 is 15.9 Å². The van der Waals surface area contributed by atoms with Crippen LogP contribution in [0.2, 0.25) is 0 Å². The van der Waals surface area contributed by atoms with Gasteiger partial charge in [-0.1, -0.05) is 36.7 Å². The highest BCUT2D eigenvalue weighted by Gasteiger charge is 2.27. The molecule has 0 spiro atoms. The lowest BCUT2D eigenvalue weighted by Gasteiger charge is -2.29. The molecule has 0 aromatic heterocycles. The van der Waals surface area contributed by atoms with Gasteiger partial charge in [-0.25, -0.2) is 0 Å². The molecule has 0 aliphatic carbocycles. The largest absolute Gasteiger partial charge is 0.497 e. The molecule has 4 heteroatoms. The molecule has 0 aliphatic heterocycles. The third-order valence-electron chi connectivity index (χ3n) is 3.51. The molecule has 0 amide bonds. The first-order valence-electron chi connectivity index (χ1n) is 7.09. The number of benzene rings is 1. The summed E-state index contributed by atoms with van der Waals surface area (Å²) in [6, 6.07) is 3.94. The summed E-state index contributed by atoms with van der Waals surface area (Å²) in [5.41, 5.74) is 1.22. The van der Waals surface area contributed by atoms with Crippen LogP contribution in [0.4, 0.5) is 0 Å². The van der Waals surface area contributed by atoms with Crippen molar-refractivity contribution >= 4 is 15.9 Å². The Morgan fingerprint density at radius 1 is 1.15 bits per heavy atom. The number of methoxy groups -OCH3 is 2. The minimum Gasteiger partial charge on any atom is -0.497 e. The van der Waals surface area contributed by atoms with Crippen LogP contribution < -0.4 is 14.8 Å². The van der Waals surface area contributed by atoms with E-state index in [9.17, 15) is 0 Å². The zero-order valence-electron chi connectivity index (χ0n) is 13.2. The second kappa shape index (κ2) is 7.89. The van der Waals surface area contributed by atoms with Crippen LogP contribution in [0.15, 0.2) is 16.6 Å². The summed E-state index contributed by atoms with van der Waals surface area (Å²) in [5.74, 6) is 1.68. The van der Waals surface area contributed by atoms with Gasteiger partial charge in [-0.2, -0.15) is 0 Å². The fraction of sp³-hybridized carbons (Fsp3) is 0.625. The molecule has 0 fully saturated rings. The van der Waals surface area contributed by atoms with Crippen molar-refractivity contribution in [1.29, 1.82) is 0 Å². The van der Waals surface area contributed by atoms with Crippen molar-refractivity contribution in [3.05, 3.63) is 22.2 Å². The molecule has 0 aliphatic rings. The maximum atomic E-state index is 5.55. The molecule has 0 radical (unpaired) electrons. The van der Waals surface area contributed by atoms with E-state index in [1.807, 2.05) is 12.1 Å². The highest BCUT2D eigenvalue weighted by atomic mass is 79.9. The molecule has 0 saturated heterocycles. The van der Waals surface area contributed by atoms with E-state index in [4.69, 9.17) is 9.47 Å². The Labute approximate surface area is 131 Å². The van der Waals surface area contributed by atoms with E-state index < -0.39 is 0 Å². The predicted molar refractivity (Wildman–Crippen MR) is 88.0 cm³/mol. The first kappa shape index (κ1) is 17.3. The molecule has 1 N–H and O–H groups in total. The summed E-state index contributed by atoms with van der Waals surface area (Å²) < 4.78 is 11.9. The van der Waals surface area contributed by atoms with Crippen LogP contribution in [0.3, 0.4) is 0 Å². The van der Waals surface area contributed by atoms with E-state index in [0.717, 1.165) is 41.9 Å². The number of ether oxygens (including phenoxy) is 2. The number of nitrogens with one attached hydrogen (secondary N) is 1. The molecule has 114 valence electrons. The van der Waals surface area contributed by atoms with Gasteiger partial charge in [-0.05, 0) is 37.4 Å². The minimum atomic E-state index is 0.0250. The summed E-state index contributed by atoms with van der Waals surface area (Å²) in [6.07, 6.45) is 2.21. The zero-order valence-corrected chi connectivity index (χ0v) is 14.8. The maximum absolute atomic E-state index is 5.55. The van der Waals surface area contributed by atoms with Crippen LogP contribution in [-0.4, -0.2) is 27.3 Å². The number of rotatable bonds is 8.